The molecule has 0 aliphatic rings. The van der Waals surface area contributed by atoms with Crippen LogP contribution in [0.2, 0.25) is 0 Å². The van der Waals surface area contributed by atoms with Gasteiger partial charge < -0.3 is 15.0 Å². The first-order valence-corrected chi connectivity index (χ1v) is 6.57. The van der Waals surface area contributed by atoms with Gasteiger partial charge in [0.15, 0.2) is 0 Å². The molecule has 2 aromatic rings. The van der Waals surface area contributed by atoms with Gasteiger partial charge in [0.2, 0.25) is 0 Å². The maximum atomic E-state index is 8.99. The van der Waals surface area contributed by atoms with Gasteiger partial charge >= 0.3 is 0 Å². The van der Waals surface area contributed by atoms with Crippen molar-refractivity contribution in [3.63, 3.8) is 0 Å². The lowest BCUT2D eigenvalue weighted by molar-refractivity contribution is 0.267. The summed E-state index contributed by atoms with van der Waals surface area (Å²) in [4.78, 5) is 0. The summed E-state index contributed by atoms with van der Waals surface area (Å²) in [6.07, 6.45) is 4.16. The Morgan fingerprint density at radius 3 is 2.74 bits per heavy atom. The second-order valence-electron chi connectivity index (χ2n) is 4.88. The smallest absolute Gasteiger partial charge is 0.0644 e. The third-order valence-electron chi connectivity index (χ3n) is 3.37. The lowest BCUT2D eigenvalue weighted by Crippen LogP contribution is -2.14. The molecule has 0 atom stereocenters. The number of nitrogens with zero attached hydrogens (tertiary/aromatic N) is 3. The minimum Gasteiger partial charge on any atom is -0.394 e. The molecule has 0 aromatic carbocycles. The highest BCUT2D eigenvalue weighted by atomic mass is 16.3. The largest absolute Gasteiger partial charge is 0.394 e. The molecular formula is C14H22N4O. The van der Waals surface area contributed by atoms with Gasteiger partial charge in [0.25, 0.3) is 0 Å². The van der Waals surface area contributed by atoms with Crippen LogP contribution in [0.3, 0.4) is 0 Å². The maximum absolute atomic E-state index is 8.99. The topological polar surface area (TPSA) is 55.0 Å². The summed E-state index contributed by atoms with van der Waals surface area (Å²) in [6, 6.07) is 2.11. The standard InChI is InChI=1S/C14H22N4O/c1-11-14(12(2)18(16-11)6-7-19)9-15-8-13-4-5-17(3)10-13/h4-5,10,15,19H,6-9H2,1-3H3. The number of aryl methyl sites for hydroxylation is 2. The monoisotopic (exact) mass is 262 g/mol. The van der Waals surface area contributed by atoms with Crippen LogP contribution in [0.4, 0.5) is 0 Å². The average molecular weight is 262 g/mol. The van der Waals surface area contributed by atoms with Gasteiger partial charge in [0.1, 0.15) is 0 Å². The van der Waals surface area contributed by atoms with Crippen molar-refractivity contribution in [2.75, 3.05) is 6.61 Å². The van der Waals surface area contributed by atoms with Crippen molar-refractivity contribution < 1.29 is 5.11 Å². The van der Waals surface area contributed by atoms with Crippen molar-refractivity contribution in [2.45, 2.75) is 33.5 Å². The first kappa shape index (κ1) is 13.8. The van der Waals surface area contributed by atoms with Crippen LogP contribution >= 0.6 is 0 Å². The molecule has 0 spiro atoms. The molecule has 2 N–H and O–H groups in total. The van der Waals surface area contributed by atoms with Crippen LogP contribution in [0.25, 0.3) is 0 Å². The molecule has 0 fully saturated rings. The van der Waals surface area contributed by atoms with Gasteiger partial charge in [-0.3, -0.25) is 4.68 Å². The Bertz CT molecular complexity index is 542. The number of hydrogen-bond acceptors (Lipinski definition) is 3. The third-order valence-corrected chi connectivity index (χ3v) is 3.37. The number of rotatable bonds is 6. The van der Waals surface area contributed by atoms with E-state index in [-0.39, 0.29) is 6.61 Å². The molecule has 5 heteroatoms. The number of aliphatic hydroxyl groups is 1. The Hall–Kier alpha value is -1.59. The molecule has 2 rings (SSSR count). The minimum absolute atomic E-state index is 0.124. The summed E-state index contributed by atoms with van der Waals surface area (Å²) in [6.45, 7) is 6.41. The fourth-order valence-electron chi connectivity index (χ4n) is 2.30. The fourth-order valence-corrected chi connectivity index (χ4v) is 2.30. The van der Waals surface area contributed by atoms with Crippen LogP contribution in [0.1, 0.15) is 22.5 Å². The molecule has 2 heterocycles. The number of aromatic nitrogens is 3. The summed E-state index contributed by atoms with van der Waals surface area (Å²) in [5.74, 6) is 0. The Morgan fingerprint density at radius 1 is 1.32 bits per heavy atom. The fraction of sp³-hybridized carbons (Fsp3) is 0.500. The van der Waals surface area contributed by atoms with Crippen LogP contribution in [0.15, 0.2) is 18.5 Å². The third kappa shape index (κ3) is 3.24. The van der Waals surface area contributed by atoms with E-state index in [0.717, 1.165) is 24.5 Å². The van der Waals surface area contributed by atoms with Crippen LogP contribution < -0.4 is 5.32 Å². The van der Waals surface area contributed by atoms with Crippen molar-refractivity contribution in [3.05, 3.63) is 41.0 Å². The molecule has 2 aromatic heterocycles. The van der Waals surface area contributed by atoms with Crippen molar-refractivity contribution >= 4 is 0 Å². The van der Waals surface area contributed by atoms with E-state index < -0.39 is 0 Å². The summed E-state index contributed by atoms with van der Waals surface area (Å²) in [5, 5.41) is 16.9. The maximum Gasteiger partial charge on any atom is 0.0644 e. The highest BCUT2D eigenvalue weighted by molar-refractivity contribution is 5.24. The van der Waals surface area contributed by atoms with E-state index in [0.29, 0.717) is 6.54 Å². The number of hydrogen-bond donors (Lipinski definition) is 2. The molecule has 0 saturated heterocycles. The zero-order valence-corrected chi connectivity index (χ0v) is 11.8. The van der Waals surface area contributed by atoms with Crippen LogP contribution in [0, 0.1) is 13.8 Å². The van der Waals surface area contributed by atoms with E-state index in [1.165, 1.54) is 11.1 Å². The Balaban J connectivity index is 1.95. The highest BCUT2D eigenvalue weighted by Gasteiger charge is 2.10. The quantitative estimate of drug-likeness (QED) is 0.820. The van der Waals surface area contributed by atoms with E-state index in [1.807, 2.05) is 29.4 Å². The van der Waals surface area contributed by atoms with Gasteiger partial charge in [-0.05, 0) is 25.5 Å². The van der Waals surface area contributed by atoms with Crippen molar-refractivity contribution in [2.24, 2.45) is 7.05 Å². The van der Waals surface area contributed by atoms with Gasteiger partial charge in [-0.2, -0.15) is 5.10 Å². The molecule has 0 unspecified atom stereocenters. The van der Waals surface area contributed by atoms with E-state index in [9.17, 15) is 0 Å². The second kappa shape index (κ2) is 6.04. The number of nitrogens with one attached hydrogen (secondary N) is 1. The highest BCUT2D eigenvalue weighted by Crippen LogP contribution is 2.13. The van der Waals surface area contributed by atoms with E-state index in [2.05, 4.69) is 29.6 Å². The van der Waals surface area contributed by atoms with E-state index in [4.69, 9.17) is 5.11 Å². The first-order valence-electron chi connectivity index (χ1n) is 6.57. The SMILES string of the molecule is Cc1nn(CCO)c(C)c1CNCc1ccn(C)c1. The minimum atomic E-state index is 0.124. The normalized spacial score (nSPS) is 11.2. The molecule has 0 aliphatic heterocycles. The van der Waals surface area contributed by atoms with Gasteiger partial charge in [0, 0.05) is 43.8 Å². The number of aliphatic hydroxyl groups excluding tert-OH is 1. The molecule has 0 radical (unpaired) electrons. The molecule has 0 bridgehead atoms. The van der Waals surface area contributed by atoms with Gasteiger partial charge in [-0.15, -0.1) is 0 Å². The predicted octanol–water partition coefficient (Wildman–Crippen LogP) is 1.12. The van der Waals surface area contributed by atoms with Crippen molar-refractivity contribution in [1.82, 2.24) is 19.7 Å². The lowest BCUT2D eigenvalue weighted by Gasteiger charge is -2.05. The molecule has 0 saturated carbocycles. The molecule has 0 amide bonds. The molecule has 19 heavy (non-hydrogen) atoms. The van der Waals surface area contributed by atoms with E-state index in [1.54, 1.807) is 0 Å². The Morgan fingerprint density at radius 2 is 2.11 bits per heavy atom. The molecule has 0 aliphatic carbocycles. The summed E-state index contributed by atoms with van der Waals surface area (Å²) in [7, 11) is 2.02. The Kier molecular flexibility index (Phi) is 4.39. The molecular weight excluding hydrogens is 240 g/mol. The first-order chi connectivity index (χ1) is 9.11. The molecule has 104 valence electrons. The lowest BCUT2D eigenvalue weighted by atomic mass is 10.2. The molecule has 5 nitrogen and oxygen atoms in total. The second-order valence-corrected chi connectivity index (χ2v) is 4.88. The van der Waals surface area contributed by atoms with Crippen molar-refractivity contribution in [3.8, 4) is 0 Å². The van der Waals surface area contributed by atoms with Crippen LogP contribution in [0.5, 0.6) is 0 Å². The van der Waals surface area contributed by atoms with E-state index >= 15 is 0 Å². The van der Waals surface area contributed by atoms with Gasteiger partial charge in [0.05, 0.1) is 18.8 Å². The Labute approximate surface area is 113 Å². The average Bonchev–Trinajstić information content (AvgIpc) is 2.89. The zero-order valence-electron chi connectivity index (χ0n) is 11.8. The van der Waals surface area contributed by atoms with Gasteiger partial charge in [-0.25, -0.2) is 0 Å². The van der Waals surface area contributed by atoms with Crippen LogP contribution in [-0.4, -0.2) is 26.1 Å². The predicted molar refractivity (Wildman–Crippen MR) is 74.7 cm³/mol. The van der Waals surface area contributed by atoms with Crippen LogP contribution in [-0.2, 0) is 26.7 Å². The van der Waals surface area contributed by atoms with Crippen molar-refractivity contribution in [1.29, 1.82) is 0 Å². The zero-order chi connectivity index (χ0) is 13.8. The van der Waals surface area contributed by atoms with Gasteiger partial charge in [-0.1, -0.05) is 0 Å². The summed E-state index contributed by atoms with van der Waals surface area (Å²) >= 11 is 0. The summed E-state index contributed by atoms with van der Waals surface area (Å²) in [5.41, 5.74) is 4.67. The summed E-state index contributed by atoms with van der Waals surface area (Å²) < 4.78 is 3.92.